The minimum atomic E-state index is -2.74. The van der Waals surface area contributed by atoms with E-state index in [1.54, 1.807) is 20.8 Å². The zero-order valence-corrected chi connectivity index (χ0v) is 11.7. The van der Waals surface area contributed by atoms with Crippen LogP contribution in [0.15, 0.2) is 0 Å². The number of amides is 2. The van der Waals surface area contributed by atoms with Crippen LogP contribution in [0, 0.1) is 0 Å². The quantitative estimate of drug-likeness (QED) is 0.777. The smallest absolute Gasteiger partial charge is 0.408 e. The molecule has 112 valence electrons. The standard InChI is InChI=1S/C11H20F2N2O4/c1-11(2,3)19-10(17)14-7(6-8(12)13)9(16)15(4)18-5/h7-8H,6H2,1-5H3,(H,14,17). The predicted octanol–water partition coefficient (Wildman–Crippen LogP) is 1.55. The number of alkyl carbamates (subject to hydrolysis) is 1. The van der Waals surface area contributed by atoms with Crippen molar-refractivity contribution in [1.82, 2.24) is 10.4 Å². The van der Waals surface area contributed by atoms with Crippen LogP contribution in [0.5, 0.6) is 0 Å². The highest BCUT2D eigenvalue weighted by molar-refractivity contribution is 5.84. The fourth-order valence-corrected chi connectivity index (χ4v) is 1.16. The maximum Gasteiger partial charge on any atom is 0.408 e. The van der Waals surface area contributed by atoms with Gasteiger partial charge in [-0.05, 0) is 20.8 Å². The lowest BCUT2D eigenvalue weighted by atomic mass is 10.2. The second kappa shape index (κ2) is 7.22. The minimum Gasteiger partial charge on any atom is -0.444 e. The van der Waals surface area contributed by atoms with Gasteiger partial charge in [-0.3, -0.25) is 9.63 Å². The topological polar surface area (TPSA) is 67.9 Å². The molecule has 0 aromatic heterocycles. The van der Waals surface area contributed by atoms with E-state index < -0.39 is 36.5 Å². The van der Waals surface area contributed by atoms with Crippen LogP contribution in [0.2, 0.25) is 0 Å². The first-order chi connectivity index (χ1) is 8.56. The van der Waals surface area contributed by atoms with Crippen LogP contribution in [0.25, 0.3) is 0 Å². The van der Waals surface area contributed by atoms with Gasteiger partial charge in [0.25, 0.3) is 5.91 Å². The maximum atomic E-state index is 12.4. The van der Waals surface area contributed by atoms with Crippen LogP contribution in [0.4, 0.5) is 13.6 Å². The zero-order chi connectivity index (χ0) is 15.2. The molecule has 0 aromatic carbocycles. The summed E-state index contributed by atoms with van der Waals surface area (Å²) in [7, 11) is 2.47. The molecule has 2 amide bonds. The molecule has 19 heavy (non-hydrogen) atoms. The normalized spacial score (nSPS) is 13.1. The van der Waals surface area contributed by atoms with Gasteiger partial charge in [-0.15, -0.1) is 0 Å². The molecule has 0 saturated carbocycles. The molecule has 0 heterocycles. The molecular weight excluding hydrogens is 262 g/mol. The van der Waals surface area contributed by atoms with Crippen LogP contribution in [-0.2, 0) is 14.4 Å². The van der Waals surface area contributed by atoms with Crippen LogP contribution in [0.1, 0.15) is 27.2 Å². The molecular formula is C11H20F2N2O4. The molecule has 0 aliphatic carbocycles. The lowest BCUT2D eigenvalue weighted by Crippen LogP contribution is -2.49. The van der Waals surface area contributed by atoms with E-state index in [0.29, 0.717) is 0 Å². The number of nitrogens with zero attached hydrogens (tertiary/aromatic N) is 1. The number of carbonyl (C=O) groups excluding carboxylic acids is 2. The summed E-state index contributed by atoms with van der Waals surface area (Å²) in [5, 5.41) is 2.88. The second-order valence-corrected chi connectivity index (χ2v) is 4.84. The summed E-state index contributed by atoms with van der Waals surface area (Å²) >= 11 is 0. The maximum absolute atomic E-state index is 12.4. The summed E-state index contributed by atoms with van der Waals surface area (Å²) in [5.41, 5.74) is -0.782. The van der Waals surface area contributed by atoms with Crippen LogP contribution in [-0.4, -0.2) is 49.3 Å². The molecule has 0 aromatic rings. The zero-order valence-electron chi connectivity index (χ0n) is 11.7. The second-order valence-electron chi connectivity index (χ2n) is 4.84. The van der Waals surface area contributed by atoms with Crippen molar-refractivity contribution in [2.45, 2.75) is 45.3 Å². The number of likely N-dealkylation sites (N-methyl/N-ethyl adjacent to an activating group) is 1. The fourth-order valence-electron chi connectivity index (χ4n) is 1.16. The van der Waals surface area contributed by atoms with Crippen LogP contribution < -0.4 is 5.32 Å². The van der Waals surface area contributed by atoms with Gasteiger partial charge in [-0.2, -0.15) is 0 Å². The van der Waals surface area contributed by atoms with Gasteiger partial charge < -0.3 is 10.1 Å². The lowest BCUT2D eigenvalue weighted by Gasteiger charge is -2.25. The first-order valence-electron chi connectivity index (χ1n) is 5.66. The van der Waals surface area contributed by atoms with E-state index in [1.807, 2.05) is 0 Å². The molecule has 1 N–H and O–H groups in total. The van der Waals surface area contributed by atoms with Gasteiger partial charge in [0.1, 0.15) is 11.6 Å². The van der Waals surface area contributed by atoms with E-state index in [-0.39, 0.29) is 0 Å². The van der Waals surface area contributed by atoms with Crippen LogP contribution >= 0.6 is 0 Å². The Morgan fingerprint density at radius 1 is 1.32 bits per heavy atom. The third-order valence-electron chi connectivity index (χ3n) is 1.99. The molecule has 0 fully saturated rings. The van der Waals surface area contributed by atoms with E-state index in [2.05, 4.69) is 10.2 Å². The van der Waals surface area contributed by atoms with E-state index in [1.165, 1.54) is 14.2 Å². The van der Waals surface area contributed by atoms with Gasteiger partial charge in [0.05, 0.1) is 7.11 Å². The van der Waals surface area contributed by atoms with Crippen molar-refractivity contribution in [3.63, 3.8) is 0 Å². The Morgan fingerprint density at radius 3 is 2.21 bits per heavy atom. The third kappa shape index (κ3) is 7.55. The van der Waals surface area contributed by atoms with Gasteiger partial charge >= 0.3 is 6.09 Å². The van der Waals surface area contributed by atoms with Gasteiger partial charge in [0, 0.05) is 13.5 Å². The van der Waals surface area contributed by atoms with Crippen molar-refractivity contribution in [2.24, 2.45) is 0 Å². The van der Waals surface area contributed by atoms with Crippen molar-refractivity contribution in [1.29, 1.82) is 0 Å². The largest absolute Gasteiger partial charge is 0.444 e. The fraction of sp³-hybridized carbons (Fsp3) is 0.818. The number of hydrogen-bond acceptors (Lipinski definition) is 4. The third-order valence-corrected chi connectivity index (χ3v) is 1.99. The average molecular weight is 282 g/mol. The number of hydroxylamine groups is 2. The van der Waals surface area contributed by atoms with E-state index in [4.69, 9.17) is 4.74 Å². The molecule has 0 rings (SSSR count). The Labute approximate surface area is 111 Å². The monoisotopic (exact) mass is 282 g/mol. The van der Waals surface area contributed by atoms with Gasteiger partial charge in [0.15, 0.2) is 0 Å². The number of hydrogen-bond donors (Lipinski definition) is 1. The Balaban J connectivity index is 4.69. The van der Waals surface area contributed by atoms with Crippen molar-refractivity contribution < 1.29 is 27.9 Å². The number of rotatable bonds is 5. The highest BCUT2D eigenvalue weighted by Gasteiger charge is 2.29. The van der Waals surface area contributed by atoms with E-state index in [0.717, 1.165) is 5.06 Å². The molecule has 0 aliphatic rings. The Hall–Kier alpha value is -1.44. The predicted molar refractivity (Wildman–Crippen MR) is 63.6 cm³/mol. The Morgan fingerprint density at radius 2 is 1.84 bits per heavy atom. The summed E-state index contributed by atoms with van der Waals surface area (Å²) < 4.78 is 29.7. The Kier molecular flexibility index (Phi) is 6.68. The van der Waals surface area contributed by atoms with Crippen molar-refractivity contribution in [3.8, 4) is 0 Å². The lowest BCUT2D eigenvalue weighted by molar-refractivity contribution is -0.172. The SMILES string of the molecule is CON(C)C(=O)C(CC(F)F)NC(=O)OC(C)(C)C. The average Bonchev–Trinajstić information content (AvgIpc) is 2.22. The summed E-state index contributed by atoms with van der Waals surface area (Å²) in [6.45, 7) is 4.87. The summed E-state index contributed by atoms with van der Waals surface area (Å²) in [5.74, 6) is -0.784. The van der Waals surface area contributed by atoms with Crippen molar-refractivity contribution in [3.05, 3.63) is 0 Å². The number of ether oxygens (including phenoxy) is 1. The summed E-state index contributed by atoms with van der Waals surface area (Å²) in [6.07, 6.45) is -4.49. The van der Waals surface area contributed by atoms with Gasteiger partial charge in [0.2, 0.25) is 6.43 Å². The van der Waals surface area contributed by atoms with Gasteiger partial charge in [-0.1, -0.05) is 0 Å². The van der Waals surface area contributed by atoms with Crippen molar-refractivity contribution in [2.75, 3.05) is 14.2 Å². The number of alkyl halides is 2. The molecule has 0 spiro atoms. The molecule has 8 heteroatoms. The molecule has 1 unspecified atom stereocenters. The van der Waals surface area contributed by atoms with E-state index >= 15 is 0 Å². The molecule has 1 atom stereocenters. The first kappa shape index (κ1) is 17.6. The van der Waals surface area contributed by atoms with Crippen molar-refractivity contribution >= 4 is 12.0 Å². The van der Waals surface area contributed by atoms with Crippen LogP contribution in [0.3, 0.4) is 0 Å². The summed E-state index contributed by atoms with van der Waals surface area (Å²) in [4.78, 5) is 27.8. The molecule has 6 nitrogen and oxygen atoms in total. The molecule has 0 saturated heterocycles. The van der Waals surface area contributed by atoms with Gasteiger partial charge in [-0.25, -0.2) is 18.6 Å². The highest BCUT2D eigenvalue weighted by Crippen LogP contribution is 2.10. The molecule has 0 radical (unpaired) electrons. The number of nitrogens with one attached hydrogen (secondary N) is 1. The molecule has 0 bridgehead atoms. The first-order valence-corrected chi connectivity index (χ1v) is 5.66. The highest BCUT2D eigenvalue weighted by atomic mass is 19.3. The molecule has 0 aliphatic heterocycles. The minimum absolute atomic E-state index is 0.768. The number of carbonyl (C=O) groups is 2. The summed E-state index contributed by atoms with van der Waals surface area (Å²) in [6, 6.07) is -1.40. The van der Waals surface area contributed by atoms with E-state index in [9.17, 15) is 18.4 Å². The number of halogens is 2. The Bertz CT molecular complexity index is 318.